The first-order chi connectivity index (χ1) is 14.7. The highest BCUT2D eigenvalue weighted by Crippen LogP contribution is 2.42. The molecule has 0 fully saturated rings. The van der Waals surface area contributed by atoms with Crippen LogP contribution in [0.2, 0.25) is 0 Å². The number of aryl methyl sites for hydroxylation is 1. The van der Waals surface area contributed by atoms with Gasteiger partial charge < -0.3 is 15.2 Å². The van der Waals surface area contributed by atoms with Crippen molar-refractivity contribution in [3.63, 3.8) is 0 Å². The number of amides is 1. The van der Waals surface area contributed by atoms with Gasteiger partial charge in [0.25, 0.3) is 5.91 Å². The van der Waals surface area contributed by atoms with E-state index in [1.807, 2.05) is 0 Å². The first-order valence-electron chi connectivity index (χ1n) is 9.39. The van der Waals surface area contributed by atoms with Gasteiger partial charge >= 0.3 is 6.61 Å². The minimum absolute atomic E-state index is 0.0537. The second-order valence-corrected chi connectivity index (χ2v) is 6.94. The van der Waals surface area contributed by atoms with Gasteiger partial charge in [0.2, 0.25) is 0 Å². The number of halogens is 4. The number of hydrogen-bond donors (Lipinski definition) is 1. The second kappa shape index (κ2) is 8.83. The van der Waals surface area contributed by atoms with Crippen LogP contribution in [0.15, 0.2) is 41.4 Å². The van der Waals surface area contributed by atoms with Crippen molar-refractivity contribution in [2.24, 2.45) is 10.7 Å². The number of rotatable bonds is 8. The van der Waals surface area contributed by atoms with E-state index in [1.165, 1.54) is 37.4 Å². The molecule has 0 aliphatic carbocycles. The van der Waals surface area contributed by atoms with E-state index in [2.05, 4.69) is 9.73 Å². The second-order valence-electron chi connectivity index (χ2n) is 6.94. The van der Waals surface area contributed by atoms with E-state index in [0.717, 1.165) is 11.0 Å². The van der Waals surface area contributed by atoms with Crippen LogP contribution >= 0.6 is 0 Å². The van der Waals surface area contributed by atoms with Gasteiger partial charge in [-0.05, 0) is 47.9 Å². The van der Waals surface area contributed by atoms with E-state index in [0.29, 0.717) is 11.1 Å². The van der Waals surface area contributed by atoms with Crippen LogP contribution in [0.1, 0.15) is 23.1 Å². The number of guanidine groups is 1. The Hall–Kier alpha value is -3.30. The molecule has 166 valence electrons. The Bertz CT molecular complexity index is 1020. The number of carbonyl (C=O) groups is 1. The number of nitrogens with two attached hydrogens (primary N) is 1. The topological polar surface area (TPSA) is 77.2 Å². The fourth-order valence-corrected chi connectivity index (χ4v) is 3.36. The molecule has 2 aromatic carbocycles. The van der Waals surface area contributed by atoms with E-state index in [4.69, 9.17) is 10.5 Å². The number of ether oxygens (including phenoxy) is 2. The quantitative estimate of drug-likeness (QED) is 0.505. The molecule has 0 spiro atoms. The third-order valence-corrected chi connectivity index (χ3v) is 4.93. The highest BCUT2D eigenvalue weighted by molar-refractivity contribution is 6.09. The minimum Gasteiger partial charge on any atom is -0.490 e. The molecule has 3 rings (SSSR count). The Balaban J connectivity index is 2.14. The third-order valence-electron chi connectivity index (χ3n) is 4.93. The molecule has 1 atom stereocenters. The van der Waals surface area contributed by atoms with Gasteiger partial charge in [0.1, 0.15) is 5.75 Å². The minimum atomic E-state index is -3.01. The summed E-state index contributed by atoms with van der Waals surface area (Å²) in [7, 11) is 1.44. The fourth-order valence-electron chi connectivity index (χ4n) is 3.36. The van der Waals surface area contributed by atoms with Gasteiger partial charge in [0.15, 0.2) is 23.1 Å². The Morgan fingerprint density at radius 2 is 1.84 bits per heavy atom. The van der Waals surface area contributed by atoms with Crippen LogP contribution in [0.5, 0.6) is 11.5 Å². The van der Waals surface area contributed by atoms with E-state index in [1.54, 1.807) is 6.92 Å². The van der Waals surface area contributed by atoms with E-state index in [9.17, 15) is 22.4 Å². The van der Waals surface area contributed by atoms with Gasteiger partial charge in [-0.15, -0.1) is 0 Å². The smallest absolute Gasteiger partial charge is 0.387 e. The van der Waals surface area contributed by atoms with Gasteiger partial charge in [-0.1, -0.05) is 12.1 Å². The third kappa shape index (κ3) is 4.14. The molecule has 31 heavy (non-hydrogen) atoms. The Kier molecular flexibility index (Phi) is 6.37. The molecule has 0 saturated heterocycles. The van der Waals surface area contributed by atoms with Crippen molar-refractivity contribution in [1.29, 1.82) is 0 Å². The Morgan fingerprint density at radius 3 is 2.42 bits per heavy atom. The Labute approximate surface area is 176 Å². The average Bonchev–Trinajstić information content (AvgIpc) is 2.95. The van der Waals surface area contributed by atoms with Crippen LogP contribution in [0.4, 0.5) is 17.6 Å². The van der Waals surface area contributed by atoms with Crippen molar-refractivity contribution in [1.82, 2.24) is 4.90 Å². The average molecular weight is 439 g/mol. The van der Waals surface area contributed by atoms with Crippen LogP contribution < -0.4 is 15.2 Å². The molecule has 10 heteroatoms. The summed E-state index contributed by atoms with van der Waals surface area (Å²) in [6.45, 7) is -2.14. The molecule has 0 radical (unpaired) electrons. The van der Waals surface area contributed by atoms with Crippen molar-refractivity contribution in [3.05, 3.63) is 58.9 Å². The summed E-state index contributed by atoms with van der Waals surface area (Å²) in [5, 5.41) is 0. The molecule has 0 saturated carbocycles. The number of hydrogen-bond acceptors (Lipinski definition) is 5. The summed E-state index contributed by atoms with van der Waals surface area (Å²) < 4.78 is 61.6. The largest absolute Gasteiger partial charge is 0.490 e. The lowest BCUT2D eigenvalue weighted by molar-refractivity contribution is -0.129. The normalized spacial score (nSPS) is 18.5. The van der Waals surface area contributed by atoms with Gasteiger partial charge in [-0.25, -0.2) is 9.38 Å². The zero-order valence-corrected chi connectivity index (χ0v) is 16.9. The van der Waals surface area contributed by atoms with Crippen LogP contribution in [0.3, 0.4) is 0 Å². The van der Waals surface area contributed by atoms with Crippen molar-refractivity contribution in [3.8, 4) is 11.5 Å². The maximum atomic E-state index is 14.2. The van der Waals surface area contributed by atoms with Gasteiger partial charge in [-0.2, -0.15) is 8.78 Å². The molecular weight excluding hydrogens is 418 g/mol. The lowest BCUT2D eigenvalue weighted by Crippen LogP contribution is -2.41. The van der Waals surface area contributed by atoms with Crippen molar-refractivity contribution >= 4 is 11.9 Å². The molecule has 6 nitrogen and oxygen atoms in total. The number of aliphatic imine (C=N–C) groups is 1. The molecular formula is C21H21F4N3O3. The molecule has 2 N–H and O–H groups in total. The predicted molar refractivity (Wildman–Crippen MR) is 105 cm³/mol. The first-order valence-corrected chi connectivity index (χ1v) is 9.39. The SMILES string of the molecule is Cc1cc([C@]2(c3ccc(F)c(OCCCF)c3)N=C(N)N(C)C2=O)ccc1OC(F)F. The molecule has 2 aromatic rings. The van der Waals surface area contributed by atoms with Gasteiger partial charge in [-0.3, -0.25) is 14.1 Å². The molecule has 1 amide bonds. The zero-order valence-electron chi connectivity index (χ0n) is 16.9. The number of likely N-dealkylation sites (N-methyl/N-ethyl adjacent to an activating group) is 1. The zero-order chi connectivity index (χ0) is 22.8. The van der Waals surface area contributed by atoms with E-state index in [-0.39, 0.29) is 36.0 Å². The van der Waals surface area contributed by atoms with Crippen LogP contribution in [0, 0.1) is 12.7 Å². The number of nitrogens with zero attached hydrogens (tertiary/aromatic N) is 2. The number of benzene rings is 2. The van der Waals surface area contributed by atoms with Crippen molar-refractivity contribution < 1.29 is 31.8 Å². The summed E-state index contributed by atoms with van der Waals surface area (Å²) in [6.07, 6.45) is 0.0758. The summed E-state index contributed by atoms with van der Waals surface area (Å²) in [5.41, 5.74) is 5.14. The highest BCUT2D eigenvalue weighted by Gasteiger charge is 2.50. The lowest BCUT2D eigenvalue weighted by atomic mass is 9.82. The molecule has 0 aromatic heterocycles. The lowest BCUT2D eigenvalue weighted by Gasteiger charge is -2.27. The standard InChI is InChI=1S/C21H21F4N3O3/c1-12-10-13(5-7-16(12)31-19(24)25)21(18(29)28(2)20(26)27-21)14-4-6-15(23)17(11-14)30-9-3-8-22/h4-7,10-11,19H,3,8-9H2,1-2H3,(H2,26,27)/t21-/m1/s1. The molecule has 1 aliphatic heterocycles. The highest BCUT2D eigenvalue weighted by atomic mass is 19.3. The first kappa shape index (κ1) is 22.4. The summed E-state index contributed by atoms with van der Waals surface area (Å²) >= 11 is 0. The summed E-state index contributed by atoms with van der Waals surface area (Å²) in [5.74, 6) is -1.51. The predicted octanol–water partition coefficient (Wildman–Crippen LogP) is 3.50. The van der Waals surface area contributed by atoms with E-state index < -0.39 is 30.5 Å². The fraction of sp³-hybridized carbons (Fsp3) is 0.333. The van der Waals surface area contributed by atoms with E-state index >= 15 is 0 Å². The summed E-state index contributed by atoms with van der Waals surface area (Å²) in [4.78, 5) is 18.8. The van der Waals surface area contributed by atoms with Crippen LogP contribution in [0.25, 0.3) is 0 Å². The number of alkyl halides is 3. The van der Waals surface area contributed by atoms with Crippen LogP contribution in [-0.4, -0.2) is 43.7 Å². The van der Waals surface area contributed by atoms with Gasteiger partial charge in [0, 0.05) is 13.5 Å². The molecule has 0 bridgehead atoms. The van der Waals surface area contributed by atoms with Gasteiger partial charge in [0.05, 0.1) is 13.3 Å². The number of carbonyl (C=O) groups excluding carboxylic acids is 1. The Morgan fingerprint density at radius 1 is 1.16 bits per heavy atom. The van der Waals surface area contributed by atoms with Crippen molar-refractivity contribution in [2.45, 2.75) is 25.5 Å². The molecule has 1 aliphatic rings. The van der Waals surface area contributed by atoms with Crippen LogP contribution in [-0.2, 0) is 10.3 Å². The maximum absolute atomic E-state index is 14.2. The molecule has 0 unspecified atom stereocenters. The van der Waals surface area contributed by atoms with Crippen molar-refractivity contribution in [2.75, 3.05) is 20.3 Å². The molecule has 1 heterocycles. The summed E-state index contributed by atoms with van der Waals surface area (Å²) in [6, 6.07) is 7.99. The monoisotopic (exact) mass is 439 g/mol. The maximum Gasteiger partial charge on any atom is 0.387 e.